The van der Waals surface area contributed by atoms with E-state index in [0.717, 1.165) is 48.2 Å². The van der Waals surface area contributed by atoms with E-state index in [1.807, 2.05) is 34.5 Å². The van der Waals surface area contributed by atoms with Crippen LogP contribution in [0.25, 0.3) is 11.4 Å². The van der Waals surface area contributed by atoms with E-state index in [0.29, 0.717) is 24.8 Å². The Balaban J connectivity index is 1.18. The van der Waals surface area contributed by atoms with Gasteiger partial charge in [-0.15, -0.1) is 11.3 Å². The summed E-state index contributed by atoms with van der Waals surface area (Å²) in [5.74, 6) is 2.67. The number of hydrogen-bond donors (Lipinski definition) is 1. The van der Waals surface area contributed by atoms with E-state index in [-0.39, 0.29) is 6.03 Å². The molecule has 9 heteroatoms. The summed E-state index contributed by atoms with van der Waals surface area (Å²) >= 11 is 1.52. The molecule has 28 heavy (non-hydrogen) atoms. The zero-order chi connectivity index (χ0) is 18.9. The predicted molar refractivity (Wildman–Crippen MR) is 107 cm³/mol. The average Bonchev–Trinajstić information content (AvgIpc) is 3.24. The molecule has 3 aromatic heterocycles. The standard InChI is InChI=1S/C19H20N6O2S/c26-19(21-16-2-1-11-28-16)25-9-7-24(8-10-25)15-6-5-14(12-20-15)17-22-18(27-23-17)13-3-4-13/h1-2,5-6,11-13H,3-4,7-10H2,(H,21,26). The van der Waals surface area contributed by atoms with Gasteiger partial charge in [0.05, 0.1) is 5.00 Å². The molecule has 1 N–H and O–H groups in total. The van der Waals surface area contributed by atoms with Crippen molar-refractivity contribution in [2.24, 2.45) is 0 Å². The summed E-state index contributed by atoms with van der Waals surface area (Å²) in [6, 6.07) is 7.73. The number of amides is 2. The molecule has 8 nitrogen and oxygen atoms in total. The van der Waals surface area contributed by atoms with Crippen LogP contribution in [-0.2, 0) is 0 Å². The van der Waals surface area contributed by atoms with E-state index in [1.54, 1.807) is 6.20 Å². The predicted octanol–water partition coefficient (Wildman–Crippen LogP) is 3.42. The highest BCUT2D eigenvalue weighted by atomic mass is 32.1. The second-order valence-electron chi connectivity index (χ2n) is 7.02. The van der Waals surface area contributed by atoms with E-state index in [1.165, 1.54) is 11.3 Å². The van der Waals surface area contributed by atoms with Crippen LogP contribution in [0.4, 0.5) is 15.6 Å². The number of nitrogens with zero attached hydrogens (tertiary/aromatic N) is 5. The van der Waals surface area contributed by atoms with Gasteiger partial charge in [-0.2, -0.15) is 4.98 Å². The monoisotopic (exact) mass is 396 g/mol. The van der Waals surface area contributed by atoms with Gasteiger partial charge in [-0.25, -0.2) is 9.78 Å². The molecule has 3 aromatic rings. The minimum absolute atomic E-state index is 0.0472. The average molecular weight is 396 g/mol. The number of urea groups is 1. The lowest BCUT2D eigenvalue weighted by Gasteiger charge is -2.35. The third-order valence-electron chi connectivity index (χ3n) is 5.02. The molecule has 0 unspecified atom stereocenters. The maximum absolute atomic E-state index is 12.3. The number of pyridine rings is 1. The van der Waals surface area contributed by atoms with E-state index in [4.69, 9.17) is 4.52 Å². The molecule has 0 atom stereocenters. The highest BCUT2D eigenvalue weighted by Crippen LogP contribution is 2.39. The van der Waals surface area contributed by atoms with E-state index < -0.39 is 0 Å². The normalized spacial score (nSPS) is 17.0. The summed E-state index contributed by atoms with van der Waals surface area (Å²) in [5, 5.41) is 9.81. The summed E-state index contributed by atoms with van der Waals surface area (Å²) in [5.41, 5.74) is 0.855. The summed E-state index contributed by atoms with van der Waals surface area (Å²) in [6.45, 7) is 2.82. The molecule has 2 amide bonds. The molecule has 0 radical (unpaired) electrons. The zero-order valence-electron chi connectivity index (χ0n) is 15.2. The Kier molecular flexibility index (Phi) is 4.44. The molecule has 144 valence electrons. The SMILES string of the molecule is O=C(Nc1cccs1)N1CCN(c2ccc(-c3noc(C4CC4)n3)cn2)CC1. The van der Waals surface area contributed by atoms with Gasteiger partial charge in [0, 0.05) is 43.9 Å². The first-order valence-electron chi connectivity index (χ1n) is 9.41. The number of hydrogen-bond acceptors (Lipinski definition) is 7. The molecule has 0 spiro atoms. The summed E-state index contributed by atoms with van der Waals surface area (Å²) < 4.78 is 5.32. The van der Waals surface area contributed by atoms with Gasteiger partial charge in [-0.1, -0.05) is 5.16 Å². The highest BCUT2D eigenvalue weighted by Gasteiger charge is 2.30. The third kappa shape index (κ3) is 3.57. The van der Waals surface area contributed by atoms with Crippen LogP contribution in [0, 0.1) is 0 Å². The zero-order valence-corrected chi connectivity index (χ0v) is 16.1. The largest absolute Gasteiger partial charge is 0.353 e. The Morgan fingerprint density at radius 3 is 2.71 bits per heavy atom. The van der Waals surface area contributed by atoms with Crippen molar-refractivity contribution in [1.82, 2.24) is 20.0 Å². The Hall–Kier alpha value is -2.94. The minimum atomic E-state index is -0.0472. The van der Waals surface area contributed by atoms with Gasteiger partial charge >= 0.3 is 6.03 Å². The Labute approximate surface area is 166 Å². The van der Waals surface area contributed by atoms with Crippen LogP contribution in [0.5, 0.6) is 0 Å². The number of nitrogens with one attached hydrogen (secondary N) is 1. The molecule has 1 saturated heterocycles. The number of carbonyl (C=O) groups is 1. The van der Waals surface area contributed by atoms with Gasteiger partial charge in [0.2, 0.25) is 11.7 Å². The highest BCUT2D eigenvalue weighted by molar-refractivity contribution is 7.14. The minimum Gasteiger partial charge on any atom is -0.353 e. The van der Waals surface area contributed by atoms with Crippen molar-refractivity contribution >= 4 is 28.2 Å². The van der Waals surface area contributed by atoms with Crippen molar-refractivity contribution in [2.75, 3.05) is 36.4 Å². The van der Waals surface area contributed by atoms with Crippen molar-refractivity contribution in [1.29, 1.82) is 0 Å². The lowest BCUT2D eigenvalue weighted by Crippen LogP contribution is -2.50. The first-order chi connectivity index (χ1) is 13.8. The Bertz CT molecular complexity index is 943. The molecule has 0 bridgehead atoms. The molecule has 1 aliphatic heterocycles. The Morgan fingerprint density at radius 2 is 2.04 bits per heavy atom. The molecule has 2 aliphatic rings. The van der Waals surface area contributed by atoms with Gasteiger partial charge < -0.3 is 14.3 Å². The fourth-order valence-electron chi connectivity index (χ4n) is 3.23. The maximum Gasteiger partial charge on any atom is 0.322 e. The number of piperazine rings is 1. The van der Waals surface area contributed by atoms with Crippen LogP contribution >= 0.6 is 11.3 Å². The Morgan fingerprint density at radius 1 is 1.18 bits per heavy atom. The van der Waals surface area contributed by atoms with Crippen molar-refractivity contribution in [2.45, 2.75) is 18.8 Å². The molecule has 0 aromatic carbocycles. The lowest BCUT2D eigenvalue weighted by atomic mass is 10.2. The topological polar surface area (TPSA) is 87.4 Å². The van der Waals surface area contributed by atoms with Crippen LogP contribution in [0.15, 0.2) is 40.4 Å². The van der Waals surface area contributed by atoms with E-state index >= 15 is 0 Å². The van der Waals surface area contributed by atoms with Gasteiger partial charge in [0.1, 0.15) is 5.82 Å². The molecule has 1 aliphatic carbocycles. The lowest BCUT2D eigenvalue weighted by molar-refractivity contribution is 0.208. The number of aromatic nitrogens is 3. The summed E-state index contributed by atoms with van der Waals surface area (Å²) in [6.07, 6.45) is 4.05. The molecule has 4 heterocycles. The van der Waals surface area contributed by atoms with Gasteiger partial charge in [-0.05, 0) is 42.5 Å². The summed E-state index contributed by atoms with van der Waals surface area (Å²) in [4.78, 5) is 25.4. The first kappa shape index (κ1) is 17.2. The molecule has 2 fully saturated rings. The van der Waals surface area contributed by atoms with Crippen LogP contribution < -0.4 is 10.2 Å². The number of carbonyl (C=O) groups excluding carboxylic acids is 1. The van der Waals surface area contributed by atoms with Crippen LogP contribution in [0.1, 0.15) is 24.7 Å². The van der Waals surface area contributed by atoms with Crippen molar-refractivity contribution in [3.8, 4) is 11.4 Å². The van der Waals surface area contributed by atoms with Crippen LogP contribution in [0.3, 0.4) is 0 Å². The molecular weight excluding hydrogens is 376 g/mol. The van der Waals surface area contributed by atoms with E-state index in [2.05, 4.69) is 25.3 Å². The van der Waals surface area contributed by atoms with Crippen molar-refractivity contribution in [3.05, 3.63) is 41.7 Å². The van der Waals surface area contributed by atoms with Gasteiger partial charge in [-0.3, -0.25) is 5.32 Å². The second kappa shape index (κ2) is 7.23. The number of thiophene rings is 1. The quantitative estimate of drug-likeness (QED) is 0.727. The number of anilines is 2. The fraction of sp³-hybridized carbons (Fsp3) is 0.368. The third-order valence-corrected chi connectivity index (χ3v) is 5.80. The van der Waals surface area contributed by atoms with Crippen molar-refractivity contribution < 1.29 is 9.32 Å². The van der Waals surface area contributed by atoms with Crippen LogP contribution in [-0.4, -0.2) is 52.2 Å². The van der Waals surface area contributed by atoms with E-state index in [9.17, 15) is 4.79 Å². The van der Waals surface area contributed by atoms with Gasteiger partial charge in [0.25, 0.3) is 0 Å². The van der Waals surface area contributed by atoms with Gasteiger partial charge in [0.15, 0.2) is 0 Å². The first-order valence-corrected chi connectivity index (χ1v) is 10.3. The van der Waals surface area contributed by atoms with Crippen molar-refractivity contribution in [3.63, 3.8) is 0 Å². The molecular formula is C19H20N6O2S. The summed E-state index contributed by atoms with van der Waals surface area (Å²) in [7, 11) is 0. The van der Waals surface area contributed by atoms with Crippen LogP contribution in [0.2, 0.25) is 0 Å². The smallest absolute Gasteiger partial charge is 0.322 e. The second-order valence-corrected chi connectivity index (χ2v) is 7.96. The fourth-order valence-corrected chi connectivity index (χ4v) is 3.83. The number of rotatable bonds is 4. The maximum atomic E-state index is 12.3. The molecule has 1 saturated carbocycles. The molecule has 5 rings (SSSR count).